The van der Waals surface area contributed by atoms with Crippen molar-refractivity contribution < 1.29 is 4.79 Å². The highest BCUT2D eigenvalue weighted by Gasteiger charge is 2.10. The zero-order chi connectivity index (χ0) is 21.6. The van der Waals surface area contributed by atoms with Crippen LogP contribution >= 0.6 is 23.3 Å². The second kappa shape index (κ2) is 9.92. The normalized spacial score (nSPS) is 10.9. The average Bonchev–Trinajstić information content (AvgIpc) is 3.29. The summed E-state index contributed by atoms with van der Waals surface area (Å²) in [4.78, 5) is 21.3. The van der Waals surface area contributed by atoms with Gasteiger partial charge >= 0.3 is 0 Å². The summed E-state index contributed by atoms with van der Waals surface area (Å²) >= 11 is 3.31. The van der Waals surface area contributed by atoms with Crippen molar-refractivity contribution in [3.05, 3.63) is 90.1 Å². The van der Waals surface area contributed by atoms with E-state index in [2.05, 4.69) is 57.1 Å². The maximum absolute atomic E-state index is 11.4. The molecule has 0 amide bonds. The lowest BCUT2D eigenvalue weighted by Crippen LogP contribution is -2.12. The third-order valence-electron chi connectivity index (χ3n) is 4.70. The van der Waals surface area contributed by atoms with Crippen LogP contribution in [0.1, 0.15) is 15.9 Å². The van der Waals surface area contributed by atoms with E-state index < -0.39 is 0 Å². The van der Waals surface area contributed by atoms with Gasteiger partial charge in [-0.25, -0.2) is 4.98 Å². The molecular weight excluding hydrogens is 422 g/mol. The van der Waals surface area contributed by atoms with Crippen molar-refractivity contribution in [3.8, 4) is 20.9 Å². The molecule has 2 aromatic carbocycles. The molecule has 2 heterocycles. The van der Waals surface area contributed by atoms with Crippen LogP contribution in [0.15, 0.2) is 83.9 Å². The highest BCUT2D eigenvalue weighted by Crippen LogP contribution is 2.36. The third kappa shape index (κ3) is 5.41. The molecule has 4 rings (SSSR count). The molecule has 1 N–H and O–H groups in total. The topological polar surface area (TPSA) is 45.2 Å². The summed E-state index contributed by atoms with van der Waals surface area (Å²) in [5.41, 5.74) is 4.12. The third-order valence-corrected chi connectivity index (χ3v) is 6.69. The molecule has 156 valence electrons. The van der Waals surface area contributed by atoms with E-state index in [1.54, 1.807) is 29.5 Å². The molecule has 0 aliphatic heterocycles. The Kier molecular flexibility index (Phi) is 6.82. The number of pyridine rings is 1. The molecule has 6 heteroatoms. The maximum Gasteiger partial charge on any atom is 0.150 e. The lowest BCUT2D eigenvalue weighted by molar-refractivity contribution is 0.112. The summed E-state index contributed by atoms with van der Waals surface area (Å²) in [7, 11) is 4.02. The Balaban J connectivity index is 1.54. The highest BCUT2D eigenvalue weighted by molar-refractivity contribution is 8.00. The fourth-order valence-electron chi connectivity index (χ4n) is 3.25. The summed E-state index contributed by atoms with van der Waals surface area (Å²) < 4.78 is 3.28. The van der Waals surface area contributed by atoms with E-state index in [1.807, 2.05) is 44.4 Å². The van der Waals surface area contributed by atoms with Crippen LogP contribution in [0.25, 0.3) is 20.9 Å². The Labute approximate surface area is 191 Å². The first kappa shape index (κ1) is 21.3. The van der Waals surface area contributed by atoms with Gasteiger partial charge in [-0.05, 0) is 85.2 Å². The van der Waals surface area contributed by atoms with Crippen LogP contribution in [0.3, 0.4) is 0 Å². The smallest absolute Gasteiger partial charge is 0.150 e. The first-order chi connectivity index (χ1) is 15.1. The number of anilines is 1. The van der Waals surface area contributed by atoms with Gasteiger partial charge in [0.2, 0.25) is 0 Å². The average molecular weight is 446 g/mol. The predicted octanol–water partition coefficient (Wildman–Crippen LogP) is 6.47. The van der Waals surface area contributed by atoms with Gasteiger partial charge < -0.3 is 9.62 Å². The van der Waals surface area contributed by atoms with Gasteiger partial charge in [0, 0.05) is 33.0 Å². The van der Waals surface area contributed by atoms with Crippen LogP contribution in [0.4, 0.5) is 5.82 Å². The number of carbonyl (C=O) groups is 1. The molecule has 2 aromatic heterocycles. The van der Waals surface area contributed by atoms with Crippen LogP contribution in [-0.2, 0) is 6.54 Å². The van der Waals surface area contributed by atoms with Gasteiger partial charge in [0.1, 0.15) is 12.1 Å². The number of rotatable bonds is 8. The molecule has 0 aliphatic carbocycles. The molecule has 4 aromatic rings. The van der Waals surface area contributed by atoms with Crippen molar-refractivity contribution in [2.24, 2.45) is 0 Å². The molecule has 0 unspecified atom stereocenters. The van der Waals surface area contributed by atoms with Crippen LogP contribution < -0.4 is 4.72 Å². The fourth-order valence-corrected chi connectivity index (χ4v) is 4.92. The second-order valence-corrected chi connectivity index (χ2v) is 9.34. The van der Waals surface area contributed by atoms with E-state index in [0.717, 1.165) is 40.2 Å². The molecule has 0 fully saturated rings. The van der Waals surface area contributed by atoms with E-state index in [9.17, 15) is 4.79 Å². The Morgan fingerprint density at radius 2 is 1.77 bits per heavy atom. The van der Waals surface area contributed by atoms with E-state index in [0.29, 0.717) is 0 Å². The van der Waals surface area contributed by atoms with Crippen LogP contribution in [0.5, 0.6) is 0 Å². The van der Waals surface area contributed by atoms with Crippen molar-refractivity contribution >= 4 is 35.4 Å². The standard InChI is InChI=1S/C25H23N3OS2/c1-28(2)16-21-14-19(9-10-20(21)17-29)24-12-11-23(30-24)18-6-5-7-22(15-18)31-27-25-8-3-4-13-26-25/h3-15,17H,16H2,1-2H3,(H,26,27). The SMILES string of the molecule is CN(C)Cc1cc(-c2ccc(-c3cccc(SNc4ccccn4)c3)s2)ccc1C=O. The Morgan fingerprint density at radius 3 is 2.48 bits per heavy atom. The summed E-state index contributed by atoms with van der Waals surface area (Å²) in [5, 5.41) is 0. The van der Waals surface area contributed by atoms with Gasteiger partial charge in [-0.1, -0.05) is 30.3 Å². The lowest BCUT2D eigenvalue weighted by Gasteiger charge is -2.12. The molecule has 4 nitrogen and oxygen atoms in total. The number of aromatic nitrogens is 1. The molecule has 0 aliphatic rings. The summed E-state index contributed by atoms with van der Waals surface area (Å²) in [5.74, 6) is 0.837. The molecule has 0 radical (unpaired) electrons. The fraction of sp³-hybridized carbons (Fsp3) is 0.120. The lowest BCUT2D eigenvalue weighted by atomic mass is 10.0. The Morgan fingerprint density at radius 1 is 0.968 bits per heavy atom. The van der Waals surface area contributed by atoms with Gasteiger partial charge in [-0.3, -0.25) is 4.79 Å². The van der Waals surface area contributed by atoms with Crippen molar-refractivity contribution in [2.45, 2.75) is 11.4 Å². The first-order valence-corrected chi connectivity index (χ1v) is 11.5. The second-order valence-electron chi connectivity index (χ2n) is 7.38. The van der Waals surface area contributed by atoms with Gasteiger partial charge in [0.05, 0.1) is 0 Å². The minimum atomic E-state index is 0.739. The summed E-state index contributed by atoms with van der Waals surface area (Å²) in [6.45, 7) is 0.739. The molecule has 0 saturated carbocycles. The number of carbonyl (C=O) groups excluding carboxylic acids is 1. The number of aldehydes is 1. The quantitative estimate of drug-likeness (QED) is 0.249. The zero-order valence-corrected chi connectivity index (χ0v) is 19.0. The number of hydrogen-bond acceptors (Lipinski definition) is 6. The number of thiophene rings is 1. The van der Waals surface area contributed by atoms with Gasteiger partial charge in [-0.15, -0.1) is 11.3 Å². The van der Waals surface area contributed by atoms with E-state index in [4.69, 9.17) is 0 Å². The van der Waals surface area contributed by atoms with Crippen molar-refractivity contribution in [3.63, 3.8) is 0 Å². The van der Waals surface area contributed by atoms with Crippen molar-refractivity contribution in [2.75, 3.05) is 18.8 Å². The van der Waals surface area contributed by atoms with Crippen LogP contribution in [-0.4, -0.2) is 30.3 Å². The summed E-state index contributed by atoms with van der Waals surface area (Å²) in [6.07, 6.45) is 2.71. The predicted molar refractivity (Wildman–Crippen MR) is 132 cm³/mol. The number of nitrogens with zero attached hydrogens (tertiary/aromatic N) is 2. The number of benzene rings is 2. The Bertz CT molecular complexity index is 1170. The molecule has 0 saturated heterocycles. The minimum absolute atomic E-state index is 0.739. The zero-order valence-electron chi connectivity index (χ0n) is 17.4. The maximum atomic E-state index is 11.4. The monoisotopic (exact) mass is 445 g/mol. The van der Waals surface area contributed by atoms with E-state index in [-0.39, 0.29) is 0 Å². The van der Waals surface area contributed by atoms with Crippen molar-refractivity contribution in [1.29, 1.82) is 0 Å². The number of hydrogen-bond donors (Lipinski definition) is 1. The van der Waals surface area contributed by atoms with Gasteiger partial charge in [0.15, 0.2) is 0 Å². The van der Waals surface area contributed by atoms with Gasteiger partial charge in [-0.2, -0.15) is 0 Å². The molecular formula is C25H23N3OS2. The molecule has 31 heavy (non-hydrogen) atoms. The molecule has 0 atom stereocenters. The van der Waals surface area contributed by atoms with E-state index in [1.165, 1.54) is 15.3 Å². The minimum Gasteiger partial charge on any atom is -0.310 e. The van der Waals surface area contributed by atoms with Crippen LogP contribution in [0, 0.1) is 0 Å². The summed E-state index contributed by atoms with van der Waals surface area (Å²) in [6, 6.07) is 24.7. The van der Waals surface area contributed by atoms with Gasteiger partial charge in [0.25, 0.3) is 0 Å². The number of nitrogens with one attached hydrogen (secondary N) is 1. The van der Waals surface area contributed by atoms with E-state index >= 15 is 0 Å². The Hall–Kier alpha value is -2.93. The van der Waals surface area contributed by atoms with Crippen molar-refractivity contribution in [1.82, 2.24) is 9.88 Å². The first-order valence-electron chi connectivity index (χ1n) is 9.90. The molecule has 0 bridgehead atoms. The molecule has 0 spiro atoms. The largest absolute Gasteiger partial charge is 0.310 e. The van der Waals surface area contributed by atoms with Crippen LogP contribution in [0.2, 0.25) is 0 Å². The highest BCUT2D eigenvalue weighted by atomic mass is 32.2.